The van der Waals surface area contributed by atoms with E-state index in [1.807, 2.05) is 0 Å². The van der Waals surface area contributed by atoms with Gasteiger partial charge in [0.15, 0.2) is 18.9 Å². The normalized spacial score (nSPS) is 29.1. The lowest BCUT2D eigenvalue weighted by Gasteiger charge is -2.42. The zero-order chi connectivity index (χ0) is 70.5. The Balaban J connectivity index is 0.717. The van der Waals surface area contributed by atoms with E-state index in [1.54, 1.807) is 10.9 Å². The van der Waals surface area contributed by atoms with Crippen LogP contribution in [-0.4, -0.2) is 384 Å². The second kappa shape index (κ2) is 45.1. The lowest BCUT2D eigenvalue weighted by atomic mass is 9.88. The van der Waals surface area contributed by atoms with Crippen molar-refractivity contribution < 1.29 is 135 Å². The van der Waals surface area contributed by atoms with Gasteiger partial charge in [-0.1, -0.05) is 5.21 Å². The van der Waals surface area contributed by atoms with Crippen LogP contribution in [0.15, 0.2) is 26.4 Å². The maximum Gasteiger partial charge on any atom is 0.217 e. The van der Waals surface area contributed by atoms with Crippen molar-refractivity contribution in [2.75, 3.05) is 225 Å². The monoisotopic (exact) mass is 1430 g/mol. The number of ether oxygens (including phenoxy) is 21. The van der Waals surface area contributed by atoms with E-state index in [1.165, 1.54) is 19.4 Å². The smallest absolute Gasteiger partial charge is 0.217 e. The molecule has 6 aliphatic heterocycles. The van der Waals surface area contributed by atoms with Gasteiger partial charge in [0.2, 0.25) is 5.91 Å². The third kappa shape index (κ3) is 28.1. The molecule has 6 bridgehead atoms. The Bertz CT molecular complexity index is 2420. The van der Waals surface area contributed by atoms with Crippen LogP contribution in [0, 0.1) is 0 Å². The lowest BCUT2D eigenvalue weighted by Crippen LogP contribution is -2.66. The van der Waals surface area contributed by atoms with Crippen LogP contribution in [0.3, 0.4) is 0 Å². The molecule has 0 aliphatic carbocycles. The molecule has 1 amide bonds. The molecule has 0 spiro atoms. The van der Waals surface area contributed by atoms with Crippen molar-refractivity contribution in [2.24, 2.45) is 37.6 Å². The second-order valence-corrected chi connectivity index (χ2v) is 24.2. The van der Waals surface area contributed by atoms with Crippen LogP contribution in [0.4, 0.5) is 0 Å². The molecule has 39 nitrogen and oxygen atoms in total. The third-order valence-electron chi connectivity index (χ3n) is 16.1. The van der Waals surface area contributed by atoms with Crippen molar-refractivity contribution >= 4 is 29.8 Å². The minimum Gasteiger partial charge on any atom is -0.390 e. The summed E-state index contributed by atoms with van der Waals surface area (Å²) >= 11 is 0. The fourth-order valence-electron chi connectivity index (χ4n) is 10.8. The number of aliphatic hydroxyl groups excluding tert-OH is 6. The molecule has 6 saturated heterocycles. The van der Waals surface area contributed by atoms with Gasteiger partial charge >= 0.3 is 0 Å². The van der Waals surface area contributed by atoms with Crippen LogP contribution in [0.5, 0.6) is 0 Å². The number of aliphatic hydroxyl groups is 6. The van der Waals surface area contributed by atoms with E-state index in [0.717, 1.165) is 0 Å². The summed E-state index contributed by atoms with van der Waals surface area (Å²) in [6, 6.07) is -0.893. The number of rotatable bonds is 57. The molecule has 0 radical (unpaired) electrons. The summed E-state index contributed by atoms with van der Waals surface area (Å²) in [6.45, 7) is 9.26. The summed E-state index contributed by atoms with van der Waals surface area (Å²) in [5.74, 6) is 11.0. The predicted octanol–water partition coefficient (Wildman–Crippen LogP) is -6.68. The Morgan fingerprint density at radius 1 is 0.556 bits per heavy atom. The number of aliphatic imine (C=N–C) groups is 2. The molecule has 568 valence electrons. The van der Waals surface area contributed by atoms with Gasteiger partial charge in [-0.05, 0) is 0 Å². The van der Waals surface area contributed by atoms with Crippen molar-refractivity contribution in [1.29, 1.82) is 0 Å². The van der Waals surface area contributed by atoms with Gasteiger partial charge in [0.1, 0.15) is 64.4 Å². The Hall–Kier alpha value is -4.23. The van der Waals surface area contributed by atoms with Crippen molar-refractivity contribution in [3.8, 4) is 0 Å². The van der Waals surface area contributed by atoms with Gasteiger partial charge in [-0.2, -0.15) is 10.2 Å². The first-order valence-electron chi connectivity index (χ1n) is 33.2. The number of nitrogens with one attached hydrogen (secondary N) is 1. The first-order chi connectivity index (χ1) is 48.1. The number of carbonyl (C=O) groups is 1. The fraction of sp³-hybridized carbons (Fsp3) is 0.883. The second-order valence-electron chi connectivity index (χ2n) is 24.2. The van der Waals surface area contributed by atoms with E-state index in [2.05, 4.69) is 35.8 Å². The number of amides is 1. The summed E-state index contributed by atoms with van der Waals surface area (Å²) in [5.41, 5.74) is 3.48. The first-order valence-corrected chi connectivity index (χ1v) is 33.2. The highest BCUT2D eigenvalue weighted by Gasteiger charge is 2.60. The van der Waals surface area contributed by atoms with Crippen LogP contribution in [0.25, 0.3) is 0 Å². The summed E-state index contributed by atoms with van der Waals surface area (Å²) < 4.78 is 121. The fourth-order valence-corrected chi connectivity index (χ4v) is 10.8. The van der Waals surface area contributed by atoms with Crippen LogP contribution in [-0.2, 0) is 117 Å². The number of nitrogens with zero attached hydrogens (tertiary/aromatic N) is 7. The van der Waals surface area contributed by atoms with E-state index < -0.39 is 83.9 Å². The summed E-state index contributed by atoms with van der Waals surface area (Å²) in [6.07, 6.45) is -3.46. The van der Waals surface area contributed by atoms with Crippen LogP contribution in [0.2, 0.25) is 0 Å². The maximum atomic E-state index is 11.5. The van der Waals surface area contributed by atoms with Gasteiger partial charge in [-0.15, -0.1) is 5.10 Å². The topological polar surface area (TPSA) is 503 Å². The minimum absolute atomic E-state index is 0.000254. The van der Waals surface area contributed by atoms with Gasteiger partial charge in [0.05, 0.1) is 262 Å². The van der Waals surface area contributed by atoms with Crippen molar-refractivity contribution in [3.63, 3.8) is 0 Å². The zero-order valence-corrected chi connectivity index (χ0v) is 56.4. The molecule has 1 aromatic rings. The maximum absolute atomic E-state index is 11.5. The van der Waals surface area contributed by atoms with Gasteiger partial charge in [-0.3, -0.25) is 14.8 Å². The Labute approximate surface area is 574 Å². The standard InChI is InChI=1S/C60H105N11O28/c1-43(72)66-51-52(75)55(78)60(42-96-56(51)99-60)39-90-25-22-87-19-16-84-13-10-81-7-4-71-30-46(69-70-71)33-93-36-57(61,34-91-31-44(67-62)28-64-2-5-79-8-11-82-14-17-85-20-23-88-37-58-40-94-49(97-58)26-47(73)53(58)76)35-92-32-45(68-63)29-65-3-6-80-9-12-83-15-18-86-21-24-89-38-59-41-95-50(98-59)27-48(74)54(59)77/h28-30,47-56,73-78H,2-27,31-42,61-63H2,1H3,(H,66,72)/t47-,48-,49+,50+,51-,52-,53-,54-,55-,56+,57?,58+,59+,60+/m1/s1. The molecule has 7 rings (SSSR count). The van der Waals surface area contributed by atoms with E-state index >= 15 is 0 Å². The molecule has 0 saturated carbocycles. The molecular formula is C60H105N11O28. The van der Waals surface area contributed by atoms with Crippen LogP contribution in [0.1, 0.15) is 25.5 Å². The molecule has 0 unspecified atom stereocenters. The molecule has 7 heterocycles. The molecule has 6 fully saturated rings. The quantitative estimate of drug-likeness (QED) is 0.0125. The summed E-state index contributed by atoms with van der Waals surface area (Å²) in [7, 11) is 0. The van der Waals surface area contributed by atoms with E-state index in [9.17, 15) is 35.4 Å². The zero-order valence-electron chi connectivity index (χ0n) is 56.4. The largest absolute Gasteiger partial charge is 0.390 e. The number of aromatic nitrogens is 3. The summed E-state index contributed by atoms with van der Waals surface area (Å²) in [5, 5.41) is 80.7. The van der Waals surface area contributed by atoms with Crippen LogP contribution < -0.4 is 22.7 Å². The van der Waals surface area contributed by atoms with E-state index in [0.29, 0.717) is 149 Å². The Morgan fingerprint density at radius 3 is 1.38 bits per heavy atom. The van der Waals surface area contributed by atoms with Crippen molar-refractivity contribution in [3.05, 3.63) is 11.9 Å². The number of hydrogen-bond acceptors (Lipinski definition) is 37. The number of hydrazone groups is 2. The third-order valence-corrected chi connectivity index (χ3v) is 16.1. The number of fused-ring (bicyclic) bond motifs is 6. The molecule has 0 aromatic carbocycles. The summed E-state index contributed by atoms with van der Waals surface area (Å²) in [4.78, 5) is 20.2. The molecule has 39 heteroatoms. The lowest BCUT2D eigenvalue weighted by molar-refractivity contribution is -0.238. The van der Waals surface area contributed by atoms with Gasteiger partial charge in [0.25, 0.3) is 0 Å². The van der Waals surface area contributed by atoms with Crippen LogP contribution >= 0.6 is 0 Å². The Morgan fingerprint density at radius 2 is 0.949 bits per heavy atom. The van der Waals surface area contributed by atoms with Crippen molar-refractivity contribution in [1.82, 2.24) is 20.3 Å². The average Bonchev–Trinajstić information content (AvgIpc) is 1.64. The van der Waals surface area contributed by atoms with E-state index in [-0.39, 0.29) is 124 Å². The van der Waals surface area contributed by atoms with E-state index in [4.69, 9.17) is 117 Å². The van der Waals surface area contributed by atoms with Gasteiger partial charge in [-0.25, -0.2) is 4.68 Å². The number of hydrogen-bond donors (Lipinski definition) is 10. The van der Waals surface area contributed by atoms with Gasteiger partial charge < -0.3 is 153 Å². The molecule has 6 aliphatic rings. The SMILES string of the molecule is CC(=O)N[C@H]1[C@H]2OC[C@](COCCOCCOCCOCCn3cc(COCC(N)(COCC(C=NCCOCCOCCOCCOC[C@]45CO[C@H](C[C@@H](O)[C@H]4O)O5)=NN)COCC(C=NCCOCCOCCOCCOC[C@]45CO[C@H](C[C@@H](O)[C@H]4O)O5)=NN)nn3)(O2)[C@H](O)[C@@H]1O. The first kappa shape index (κ1) is 82.1. The molecule has 99 heavy (non-hydrogen) atoms. The average molecular weight is 1430 g/mol. The Kier molecular flexibility index (Phi) is 37.4. The van der Waals surface area contributed by atoms with Gasteiger partial charge in [0, 0.05) is 32.2 Å². The highest BCUT2D eigenvalue weighted by molar-refractivity contribution is 6.31. The molecular weight excluding hydrogens is 1320 g/mol. The highest BCUT2D eigenvalue weighted by atomic mass is 16.8. The number of carbonyl (C=O) groups excluding carboxylic acids is 1. The molecule has 13 N–H and O–H groups in total. The molecule has 1 aromatic heterocycles. The predicted molar refractivity (Wildman–Crippen MR) is 342 cm³/mol. The molecule has 13 atom stereocenters. The number of nitrogens with two attached hydrogens (primary N) is 3. The van der Waals surface area contributed by atoms with Crippen molar-refractivity contribution in [2.45, 2.75) is 117 Å². The minimum atomic E-state index is -1.33. The highest BCUT2D eigenvalue weighted by Crippen LogP contribution is 2.39.